The number of amides is 1. The molecular formula is C14H25ClN2O. The lowest BCUT2D eigenvalue weighted by atomic mass is 9.81. The summed E-state index contributed by atoms with van der Waals surface area (Å²) in [4.78, 5) is 12.4. The first kappa shape index (κ1) is 14.1. The Kier molecular flexibility index (Phi) is 4.22. The molecule has 2 aliphatic carbocycles. The van der Waals surface area contributed by atoms with Gasteiger partial charge in [-0.05, 0) is 57.4 Å². The Bertz CT molecular complexity index is 315. The van der Waals surface area contributed by atoms with Gasteiger partial charge >= 0.3 is 0 Å². The van der Waals surface area contributed by atoms with Crippen LogP contribution in [0.2, 0.25) is 0 Å². The molecule has 18 heavy (non-hydrogen) atoms. The molecule has 0 radical (unpaired) electrons. The highest BCUT2D eigenvalue weighted by atomic mass is 35.5. The SMILES string of the molecule is CC1(C(=O)NC2CC3CCC2C3)CCCNC1.Cl. The zero-order valence-corrected chi connectivity index (χ0v) is 12.0. The number of carbonyl (C=O) groups is 1. The lowest BCUT2D eigenvalue weighted by molar-refractivity contribution is -0.132. The third-order valence-electron chi connectivity index (χ3n) is 5.20. The van der Waals surface area contributed by atoms with Crippen LogP contribution in [-0.2, 0) is 4.79 Å². The molecule has 0 aromatic heterocycles. The maximum Gasteiger partial charge on any atom is 0.227 e. The Morgan fingerprint density at radius 1 is 1.33 bits per heavy atom. The summed E-state index contributed by atoms with van der Waals surface area (Å²) in [5, 5.41) is 6.70. The van der Waals surface area contributed by atoms with Crippen LogP contribution >= 0.6 is 12.4 Å². The molecule has 2 saturated carbocycles. The molecular weight excluding hydrogens is 248 g/mol. The molecule has 2 N–H and O–H groups in total. The zero-order valence-electron chi connectivity index (χ0n) is 11.2. The van der Waals surface area contributed by atoms with Crippen molar-refractivity contribution in [1.29, 1.82) is 0 Å². The van der Waals surface area contributed by atoms with Crippen LogP contribution in [0.4, 0.5) is 0 Å². The molecule has 1 amide bonds. The van der Waals surface area contributed by atoms with E-state index in [-0.39, 0.29) is 17.8 Å². The summed E-state index contributed by atoms with van der Waals surface area (Å²) in [6.45, 7) is 4.03. The molecule has 3 aliphatic rings. The highest BCUT2D eigenvalue weighted by Crippen LogP contribution is 2.44. The summed E-state index contributed by atoms with van der Waals surface area (Å²) < 4.78 is 0. The van der Waals surface area contributed by atoms with Crippen LogP contribution in [0.5, 0.6) is 0 Å². The van der Waals surface area contributed by atoms with Gasteiger partial charge in [0.15, 0.2) is 0 Å². The summed E-state index contributed by atoms with van der Waals surface area (Å²) in [7, 11) is 0. The van der Waals surface area contributed by atoms with Crippen molar-refractivity contribution in [2.45, 2.75) is 51.5 Å². The quantitative estimate of drug-likeness (QED) is 0.808. The van der Waals surface area contributed by atoms with E-state index >= 15 is 0 Å². The molecule has 0 spiro atoms. The highest BCUT2D eigenvalue weighted by Gasteiger charge is 2.43. The van der Waals surface area contributed by atoms with E-state index in [1.54, 1.807) is 0 Å². The second-order valence-corrected chi connectivity index (χ2v) is 6.60. The van der Waals surface area contributed by atoms with Crippen LogP contribution in [0.3, 0.4) is 0 Å². The van der Waals surface area contributed by atoms with Gasteiger partial charge in [0.25, 0.3) is 0 Å². The minimum atomic E-state index is -0.167. The minimum absolute atomic E-state index is 0. The average Bonchev–Trinajstić information content (AvgIpc) is 2.92. The molecule has 1 saturated heterocycles. The summed E-state index contributed by atoms with van der Waals surface area (Å²) in [5.41, 5.74) is -0.167. The number of halogens is 1. The maximum atomic E-state index is 12.4. The molecule has 4 atom stereocenters. The van der Waals surface area contributed by atoms with Gasteiger partial charge in [0.1, 0.15) is 0 Å². The minimum Gasteiger partial charge on any atom is -0.353 e. The molecule has 4 unspecified atom stereocenters. The fourth-order valence-corrected chi connectivity index (χ4v) is 4.01. The molecule has 1 heterocycles. The number of nitrogens with one attached hydrogen (secondary N) is 2. The number of hydrogen-bond donors (Lipinski definition) is 2. The topological polar surface area (TPSA) is 41.1 Å². The average molecular weight is 273 g/mol. The molecule has 4 heteroatoms. The van der Waals surface area contributed by atoms with E-state index in [4.69, 9.17) is 0 Å². The van der Waals surface area contributed by atoms with Crippen molar-refractivity contribution in [1.82, 2.24) is 10.6 Å². The molecule has 3 fully saturated rings. The summed E-state index contributed by atoms with van der Waals surface area (Å²) in [5.74, 6) is 1.98. The number of hydrogen-bond acceptors (Lipinski definition) is 2. The van der Waals surface area contributed by atoms with Crippen molar-refractivity contribution in [3.63, 3.8) is 0 Å². The normalized spacial score (nSPS) is 42.4. The van der Waals surface area contributed by atoms with E-state index in [1.165, 1.54) is 25.7 Å². The standard InChI is InChI=1S/C14H24N2O.ClH/c1-14(5-2-6-15-9-14)13(17)16-12-8-10-3-4-11(12)7-10;/h10-12,15H,2-9H2,1H3,(H,16,17);1H. The second kappa shape index (κ2) is 5.38. The van der Waals surface area contributed by atoms with Gasteiger partial charge in [0.05, 0.1) is 5.41 Å². The highest BCUT2D eigenvalue weighted by molar-refractivity contribution is 5.85. The first-order valence-corrected chi connectivity index (χ1v) is 7.19. The Hall–Kier alpha value is -0.280. The largest absolute Gasteiger partial charge is 0.353 e. The van der Waals surface area contributed by atoms with Gasteiger partial charge in [-0.25, -0.2) is 0 Å². The van der Waals surface area contributed by atoms with Crippen LogP contribution in [0.15, 0.2) is 0 Å². The van der Waals surface area contributed by atoms with E-state index < -0.39 is 0 Å². The van der Waals surface area contributed by atoms with Gasteiger partial charge in [-0.2, -0.15) is 0 Å². The number of rotatable bonds is 2. The maximum absolute atomic E-state index is 12.4. The van der Waals surface area contributed by atoms with E-state index in [9.17, 15) is 4.79 Å². The third kappa shape index (κ3) is 2.53. The molecule has 1 aliphatic heterocycles. The Morgan fingerprint density at radius 2 is 2.17 bits per heavy atom. The van der Waals surface area contributed by atoms with Crippen LogP contribution in [0.25, 0.3) is 0 Å². The predicted octanol–water partition coefficient (Wildman–Crippen LogP) is 2.10. The van der Waals surface area contributed by atoms with Crippen molar-refractivity contribution in [3.05, 3.63) is 0 Å². The van der Waals surface area contributed by atoms with Gasteiger partial charge < -0.3 is 10.6 Å². The van der Waals surface area contributed by atoms with E-state index in [0.29, 0.717) is 11.9 Å². The van der Waals surface area contributed by atoms with Crippen LogP contribution in [-0.4, -0.2) is 25.0 Å². The van der Waals surface area contributed by atoms with Gasteiger partial charge in [-0.3, -0.25) is 4.79 Å². The lowest BCUT2D eigenvalue weighted by Gasteiger charge is -2.35. The van der Waals surface area contributed by atoms with Crippen molar-refractivity contribution in [2.75, 3.05) is 13.1 Å². The summed E-state index contributed by atoms with van der Waals surface area (Å²) in [6.07, 6.45) is 7.49. The predicted molar refractivity (Wildman–Crippen MR) is 74.8 cm³/mol. The fraction of sp³-hybridized carbons (Fsp3) is 0.929. The van der Waals surface area contributed by atoms with Crippen LogP contribution in [0, 0.1) is 17.3 Å². The Balaban J connectivity index is 0.00000120. The molecule has 0 aromatic carbocycles. The molecule has 2 bridgehead atoms. The number of piperidine rings is 1. The van der Waals surface area contributed by atoms with Gasteiger partial charge in [0, 0.05) is 12.6 Å². The van der Waals surface area contributed by atoms with Gasteiger partial charge in [-0.1, -0.05) is 6.42 Å². The van der Waals surface area contributed by atoms with E-state index in [2.05, 4.69) is 17.6 Å². The van der Waals surface area contributed by atoms with Crippen LogP contribution < -0.4 is 10.6 Å². The third-order valence-corrected chi connectivity index (χ3v) is 5.20. The number of carbonyl (C=O) groups excluding carboxylic acids is 1. The molecule has 0 aromatic rings. The van der Waals surface area contributed by atoms with Crippen LogP contribution in [0.1, 0.15) is 45.4 Å². The molecule has 3 nitrogen and oxygen atoms in total. The van der Waals surface area contributed by atoms with Crippen molar-refractivity contribution < 1.29 is 4.79 Å². The number of fused-ring (bicyclic) bond motifs is 2. The van der Waals surface area contributed by atoms with Crippen molar-refractivity contribution in [2.24, 2.45) is 17.3 Å². The monoisotopic (exact) mass is 272 g/mol. The Labute approximate surface area is 116 Å². The molecule has 104 valence electrons. The Morgan fingerprint density at radius 3 is 2.72 bits per heavy atom. The second-order valence-electron chi connectivity index (χ2n) is 6.60. The van der Waals surface area contributed by atoms with Gasteiger partial charge in [0.2, 0.25) is 5.91 Å². The summed E-state index contributed by atoms with van der Waals surface area (Å²) >= 11 is 0. The first-order chi connectivity index (χ1) is 8.17. The molecule has 3 rings (SSSR count). The van der Waals surface area contributed by atoms with Gasteiger partial charge in [-0.15, -0.1) is 12.4 Å². The first-order valence-electron chi connectivity index (χ1n) is 7.19. The van der Waals surface area contributed by atoms with Crippen molar-refractivity contribution >= 4 is 18.3 Å². The van der Waals surface area contributed by atoms with Crippen molar-refractivity contribution in [3.8, 4) is 0 Å². The zero-order chi connectivity index (χ0) is 11.9. The fourth-order valence-electron chi connectivity index (χ4n) is 4.01. The lowest BCUT2D eigenvalue weighted by Crippen LogP contribution is -2.52. The van der Waals surface area contributed by atoms with E-state index in [0.717, 1.165) is 37.8 Å². The smallest absolute Gasteiger partial charge is 0.227 e. The summed E-state index contributed by atoms with van der Waals surface area (Å²) in [6, 6.07) is 0.486. The van der Waals surface area contributed by atoms with E-state index in [1.807, 2.05) is 0 Å².